The summed E-state index contributed by atoms with van der Waals surface area (Å²) < 4.78 is 10.5. The van der Waals surface area contributed by atoms with Crippen LogP contribution in [0.2, 0.25) is 0 Å². The topological polar surface area (TPSA) is 71.6 Å². The minimum atomic E-state index is -0.339. The molecule has 0 aliphatic carbocycles. The van der Waals surface area contributed by atoms with Crippen LogP contribution in [0.1, 0.15) is 36.7 Å². The van der Waals surface area contributed by atoms with Gasteiger partial charge in [-0.2, -0.15) is 4.98 Å². The summed E-state index contributed by atoms with van der Waals surface area (Å²) in [5.74, 6) is 2.14. The van der Waals surface area contributed by atoms with E-state index in [9.17, 15) is 5.11 Å². The lowest BCUT2D eigenvalue weighted by atomic mass is 10.0. The maximum absolute atomic E-state index is 10.1. The van der Waals surface area contributed by atoms with Gasteiger partial charge < -0.3 is 14.4 Å². The van der Waals surface area contributed by atoms with Gasteiger partial charge in [-0.05, 0) is 24.1 Å². The largest absolute Gasteiger partial charge is 0.497 e. The van der Waals surface area contributed by atoms with E-state index in [0.717, 1.165) is 17.7 Å². The van der Waals surface area contributed by atoms with Crippen LogP contribution in [0, 0.1) is 0 Å². The van der Waals surface area contributed by atoms with E-state index in [4.69, 9.17) is 9.26 Å². The van der Waals surface area contributed by atoms with Crippen molar-refractivity contribution in [3.8, 4) is 5.75 Å². The summed E-state index contributed by atoms with van der Waals surface area (Å²) in [6.07, 6.45) is 1.09. The summed E-state index contributed by atoms with van der Waals surface area (Å²) in [4.78, 5) is 6.54. The zero-order chi connectivity index (χ0) is 15.5. The number of aromatic nitrogens is 2. The summed E-state index contributed by atoms with van der Waals surface area (Å²) in [5.41, 5.74) is 1.13. The lowest BCUT2D eigenvalue weighted by Crippen LogP contribution is -2.25. The van der Waals surface area contributed by atoms with Crippen molar-refractivity contribution in [2.24, 2.45) is 0 Å². The molecule has 118 valence electrons. The highest BCUT2D eigenvalue weighted by Gasteiger charge is 2.33. The Morgan fingerprint density at radius 1 is 1.45 bits per heavy atom. The second kappa shape index (κ2) is 6.46. The lowest BCUT2D eigenvalue weighted by Gasteiger charge is -2.23. The third-order valence-corrected chi connectivity index (χ3v) is 4.02. The molecular weight excluding hydrogens is 282 g/mol. The van der Waals surface area contributed by atoms with Gasteiger partial charge in [-0.3, -0.25) is 4.90 Å². The van der Waals surface area contributed by atoms with Gasteiger partial charge >= 0.3 is 0 Å². The first-order valence-corrected chi connectivity index (χ1v) is 7.57. The van der Waals surface area contributed by atoms with E-state index >= 15 is 0 Å². The van der Waals surface area contributed by atoms with E-state index in [1.165, 1.54) is 0 Å². The van der Waals surface area contributed by atoms with Crippen LogP contribution in [0.3, 0.4) is 0 Å². The Morgan fingerprint density at radius 3 is 3.05 bits per heavy atom. The second-order valence-corrected chi connectivity index (χ2v) is 5.57. The van der Waals surface area contributed by atoms with E-state index in [2.05, 4.69) is 21.1 Å². The molecule has 2 atom stereocenters. The number of aryl methyl sites for hydroxylation is 1. The summed E-state index contributed by atoms with van der Waals surface area (Å²) in [7, 11) is 1.66. The zero-order valence-electron chi connectivity index (χ0n) is 12.9. The van der Waals surface area contributed by atoms with Crippen LogP contribution in [0.4, 0.5) is 0 Å². The fourth-order valence-corrected chi connectivity index (χ4v) is 2.93. The van der Waals surface area contributed by atoms with Crippen LogP contribution in [0.25, 0.3) is 0 Å². The minimum Gasteiger partial charge on any atom is -0.497 e. The summed E-state index contributed by atoms with van der Waals surface area (Å²) in [5, 5.41) is 14.1. The van der Waals surface area contributed by atoms with Crippen LogP contribution >= 0.6 is 0 Å². The number of nitrogens with zero attached hydrogens (tertiary/aromatic N) is 3. The molecule has 1 aliphatic rings. The molecule has 0 spiro atoms. The normalized spacial score (nSPS) is 22.1. The summed E-state index contributed by atoms with van der Waals surface area (Å²) in [6.45, 7) is 3.16. The number of β-amino-alcohol motifs (C(OH)–C–C–N with tert-alkyl or cyclic N) is 1. The Kier molecular flexibility index (Phi) is 4.40. The predicted octanol–water partition coefficient (Wildman–Crippen LogP) is 1.95. The second-order valence-electron chi connectivity index (χ2n) is 5.57. The molecule has 1 aromatic heterocycles. The minimum absolute atomic E-state index is 0.133. The number of aliphatic hydroxyl groups is 1. The molecule has 2 heterocycles. The molecule has 1 aromatic carbocycles. The first kappa shape index (κ1) is 15.0. The van der Waals surface area contributed by atoms with E-state index in [-0.39, 0.29) is 12.1 Å². The Hall–Kier alpha value is -1.92. The monoisotopic (exact) mass is 303 g/mol. The third kappa shape index (κ3) is 3.13. The van der Waals surface area contributed by atoms with E-state index in [0.29, 0.717) is 31.2 Å². The highest BCUT2D eigenvalue weighted by molar-refractivity contribution is 5.31. The molecule has 1 aliphatic heterocycles. The van der Waals surface area contributed by atoms with Crippen LogP contribution in [-0.4, -0.2) is 39.9 Å². The molecular formula is C16H21N3O3. The molecule has 6 nitrogen and oxygen atoms in total. The van der Waals surface area contributed by atoms with Gasteiger partial charge in [0.25, 0.3) is 0 Å². The maximum Gasteiger partial charge on any atom is 0.226 e. The van der Waals surface area contributed by atoms with Gasteiger partial charge in [0.2, 0.25) is 5.89 Å². The Balaban J connectivity index is 1.79. The summed E-state index contributed by atoms with van der Waals surface area (Å²) in [6, 6.07) is 8.11. The fourth-order valence-electron chi connectivity index (χ4n) is 2.93. The summed E-state index contributed by atoms with van der Waals surface area (Å²) >= 11 is 0. The van der Waals surface area contributed by atoms with Gasteiger partial charge in [0.05, 0.1) is 19.8 Å². The van der Waals surface area contributed by atoms with Gasteiger partial charge in [-0.1, -0.05) is 24.2 Å². The van der Waals surface area contributed by atoms with Gasteiger partial charge in [-0.25, -0.2) is 0 Å². The lowest BCUT2D eigenvalue weighted by molar-refractivity contribution is 0.170. The Labute approximate surface area is 129 Å². The molecule has 0 radical (unpaired) electrons. The average molecular weight is 303 g/mol. The van der Waals surface area contributed by atoms with Crippen LogP contribution in [-0.2, 0) is 13.0 Å². The molecule has 6 heteroatoms. The van der Waals surface area contributed by atoms with Crippen molar-refractivity contribution >= 4 is 0 Å². The number of methoxy groups -OCH3 is 1. The molecule has 0 unspecified atom stereocenters. The van der Waals surface area contributed by atoms with Gasteiger partial charge in [-0.15, -0.1) is 0 Å². The molecule has 22 heavy (non-hydrogen) atoms. The molecule has 1 N–H and O–H groups in total. The van der Waals surface area contributed by atoms with Crippen LogP contribution in [0.15, 0.2) is 28.8 Å². The number of hydrogen-bond donors (Lipinski definition) is 1. The molecule has 1 saturated heterocycles. The maximum atomic E-state index is 10.1. The number of ether oxygens (including phenoxy) is 1. The van der Waals surface area contributed by atoms with Crippen molar-refractivity contribution in [2.45, 2.75) is 38.5 Å². The smallest absolute Gasteiger partial charge is 0.226 e. The van der Waals surface area contributed by atoms with Crippen molar-refractivity contribution in [1.82, 2.24) is 15.0 Å². The SMILES string of the molecule is CCc1nc(CN2C[C@H](O)C[C@H]2c2cccc(OC)c2)no1. The quantitative estimate of drug-likeness (QED) is 0.910. The van der Waals surface area contributed by atoms with Gasteiger partial charge in [0.15, 0.2) is 5.82 Å². The standard InChI is InChI=1S/C16H21N3O3/c1-3-16-17-15(18-22-16)10-19-9-12(20)8-14(19)11-5-4-6-13(7-11)21-2/h4-7,12,14,20H,3,8-10H2,1-2H3/t12-,14+/m1/s1. The van der Waals surface area contributed by atoms with Crippen LogP contribution < -0.4 is 4.74 Å². The highest BCUT2D eigenvalue weighted by Crippen LogP contribution is 2.34. The van der Waals surface area contributed by atoms with Crippen LogP contribution in [0.5, 0.6) is 5.75 Å². The Bertz CT molecular complexity index is 629. The van der Waals surface area contributed by atoms with Crippen molar-refractivity contribution in [1.29, 1.82) is 0 Å². The van der Waals surface area contributed by atoms with E-state index < -0.39 is 0 Å². The van der Waals surface area contributed by atoms with Crippen molar-refractivity contribution in [3.05, 3.63) is 41.5 Å². The van der Waals surface area contributed by atoms with Gasteiger partial charge in [0.1, 0.15) is 5.75 Å². The molecule has 1 fully saturated rings. The van der Waals surface area contributed by atoms with Crippen molar-refractivity contribution < 1.29 is 14.4 Å². The van der Waals surface area contributed by atoms with Gasteiger partial charge in [0, 0.05) is 19.0 Å². The average Bonchev–Trinajstić information content (AvgIpc) is 3.14. The van der Waals surface area contributed by atoms with Crippen molar-refractivity contribution in [2.75, 3.05) is 13.7 Å². The molecule has 0 amide bonds. The molecule has 2 aromatic rings. The number of aliphatic hydroxyl groups excluding tert-OH is 1. The molecule has 0 saturated carbocycles. The van der Waals surface area contributed by atoms with E-state index in [1.54, 1.807) is 7.11 Å². The Morgan fingerprint density at radius 2 is 2.32 bits per heavy atom. The third-order valence-electron chi connectivity index (χ3n) is 4.02. The molecule has 3 rings (SSSR count). The number of likely N-dealkylation sites (tertiary alicyclic amines) is 1. The van der Waals surface area contributed by atoms with E-state index in [1.807, 2.05) is 25.1 Å². The first-order valence-electron chi connectivity index (χ1n) is 7.57. The zero-order valence-corrected chi connectivity index (χ0v) is 12.9. The highest BCUT2D eigenvalue weighted by atomic mass is 16.5. The first-order chi connectivity index (χ1) is 10.7. The number of rotatable bonds is 5. The number of hydrogen-bond acceptors (Lipinski definition) is 6. The number of benzene rings is 1. The fraction of sp³-hybridized carbons (Fsp3) is 0.500. The van der Waals surface area contributed by atoms with Crippen molar-refractivity contribution in [3.63, 3.8) is 0 Å². The molecule has 0 bridgehead atoms. The predicted molar refractivity (Wildman–Crippen MR) is 80.4 cm³/mol.